The summed E-state index contributed by atoms with van der Waals surface area (Å²) >= 11 is 0. The van der Waals surface area contributed by atoms with Crippen LogP contribution in [0.15, 0.2) is 48.5 Å². The van der Waals surface area contributed by atoms with Gasteiger partial charge in [0, 0.05) is 11.3 Å². The van der Waals surface area contributed by atoms with Crippen LogP contribution >= 0.6 is 0 Å². The highest BCUT2D eigenvalue weighted by Crippen LogP contribution is 2.26. The number of carbonyl (C=O) groups is 1. The molecule has 2 aromatic carbocycles. The minimum Gasteiger partial charge on any atom is -0.469 e. The van der Waals surface area contributed by atoms with Crippen molar-refractivity contribution in [3.8, 4) is 11.5 Å². The quantitative estimate of drug-likeness (QED) is 0.675. The van der Waals surface area contributed by atoms with Gasteiger partial charge < -0.3 is 15.2 Å². The van der Waals surface area contributed by atoms with Crippen molar-refractivity contribution >= 4 is 11.7 Å². The van der Waals surface area contributed by atoms with E-state index in [-0.39, 0.29) is 12.4 Å². The molecule has 4 nitrogen and oxygen atoms in total. The Morgan fingerprint density at radius 2 is 1.79 bits per heavy atom. The molecule has 0 spiro atoms. The molecule has 0 bridgehead atoms. The highest BCUT2D eigenvalue weighted by molar-refractivity contribution is 5.73. The molecular formula is C15H15NO3. The summed E-state index contributed by atoms with van der Waals surface area (Å²) in [4.78, 5) is 11.3. The van der Waals surface area contributed by atoms with Gasteiger partial charge in [0.25, 0.3) is 0 Å². The summed E-state index contributed by atoms with van der Waals surface area (Å²) in [7, 11) is 1.37. The third kappa shape index (κ3) is 3.48. The number of rotatable bonds is 4. The molecule has 0 aliphatic rings. The highest BCUT2D eigenvalue weighted by atomic mass is 16.5. The van der Waals surface area contributed by atoms with Crippen molar-refractivity contribution in [3.63, 3.8) is 0 Å². The number of para-hydroxylation sites is 1. The van der Waals surface area contributed by atoms with E-state index >= 15 is 0 Å². The number of hydrogen-bond donors (Lipinski definition) is 1. The maximum atomic E-state index is 11.3. The van der Waals surface area contributed by atoms with Gasteiger partial charge in [-0.15, -0.1) is 0 Å². The molecule has 2 rings (SSSR count). The van der Waals surface area contributed by atoms with Gasteiger partial charge in [-0.25, -0.2) is 0 Å². The van der Waals surface area contributed by atoms with Crippen molar-refractivity contribution in [1.82, 2.24) is 0 Å². The minimum absolute atomic E-state index is 0.182. The fraction of sp³-hybridized carbons (Fsp3) is 0.133. The minimum atomic E-state index is -0.298. The maximum Gasteiger partial charge on any atom is 0.310 e. The number of carbonyl (C=O) groups excluding carboxylic acids is 1. The molecule has 19 heavy (non-hydrogen) atoms. The molecule has 4 heteroatoms. The maximum absolute atomic E-state index is 11.3. The smallest absolute Gasteiger partial charge is 0.310 e. The Labute approximate surface area is 111 Å². The lowest BCUT2D eigenvalue weighted by Crippen LogP contribution is -2.05. The van der Waals surface area contributed by atoms with Crippen LogP contribution in [0, 0.1) is 0 Å². The molecule has 0 aliphatic heterocycles. The Balaban J connectivity index is 2.20. The van der Waals surface area contributed by atoms with Crippen molar-refractivity contribution in [3.05, 3.63) is 54.1 Å². The molecule has 0 heterocycles. The number of benzene rings is 2. The first-order chi connectivity index (χ1) is 9.19. The lowest BCUT2D eigenvalue weighted by Gasteiger charge is -2.10. The van der Waals surface area contributed by atoms with Gasteiger partial charge in [-0.3, -0.25) is 4.79 Å². The van der Waals surface area contributed by atoms with Gasteiger partial charge in [0.2, 0.25) is 0 Å². The van der Waals surface area contributed by atoms with Crippen molar-refractivity contribution < 1.29 is 14.3 Å². The summed E-state index contributed by atoms with van der Waals surface area (Å²) < 4.78 is 10.4. The van der Waals surface area contributed by atoms with E-state index < -0.39 is 0 Å². The van der Waals surface area contributed by atoms with Crippen LogP contribution in [0.1, 0.15) is 5.56 Å². The van der Waals surface area contributed by atoms with E-state index in [2.05, 4.69) is 4.74 Å². The van der Waals surface area contributed by atoms with E-state index in [1.165, 1.54) is 7.11 Å². The average molecular weight is 257 g/mol. The Morgan fingerprint density at radius 3 is 2.47 bits per heavy atom. The van der Waals surface area contributed by atoms with Crippen LogP contribution < -0.4 is 10.5 Å². The molecule has 0 aromatic heterocycles. The monoisotopic (exact) mass is 257 g/mol. The second kappa shape index (κ2) is 5.91. The van der Waals surface area contributed by atoms with Crippen LogP contribution in [0.2, 0.25) is 0 Å². The molecule has 0 atom stereocenters. The molecule has 0 fully saturated rings. The van der Waals surface area contributed by atoms with Crippen molar-refractivity contribution in [2.75, 3.05) is 12.8 Å². The number of methoxy groups -OCH3 is 1. The Kier molecular flexibility index (Phi) is 4.03. The van der Waals surface area contributed by atoms with Gasteiger partial charge in [-0.05, 0) is 30.3 Å². The largest absolute Gasteiger partial charge is 0.469 e. The summed E-state index contributed by atoms with van der Waals surface area (Å²) in [5.74, 6) is 1.01. The molecule has 0 aliphatic carbocycles. The average Bonchev–Trinajstić information content (AvgIpc) is 2.43. The van der Waals surface area contributed by atoms with Crippen LogP contribution in [0.4, 0.5) is 5.69 Å². The number of nitrogen functional groups attached to an aromatic ring is 1. The lowest BCUT2D eigenvalue weighted by atomic mass is 10.1. The molecule has 2 aromatic rings. The molecule has 0 radical (unpaired) electrons. The van der Waals surface area contributed by atoms with Crippen molar-refractivity contribution in [2.24, 2.45) is 0 Å². The Bertz CT molecular complexity index is 564. The molecule has 0 unspecified atom stereocenters. The summed E-state index contributed by atoms with van der Waals surface area (Å²) in [6.45, 7) is 0. The second-order valence-electron chi connectivity index (χ2n) is 4.03. The third-order valence-electron chi connectivity index (χ3n) is 2.64. The Hall–Kier alpha value is -2.49. The number of ether oxygens (including phenoxy) is 2. The first-order valence-electron chi connectivity index (χ1n) is 5.87. The van der Waals surface area contributed by atoms with E-state index in [9.17, 15) is 4.79 Å². The second-order valence-corrected chi connectivity index (χ2v) is 4.03. The first-order valence-corrected chi connectivity index (χ1v) is 5.87. The number of esters is 1. The zero-order chi connectivity index (χ0) is 13.7. The molecular weight excluding hydrogens is 242 g/mol. The third-order valence-corrected chi connectivity index (χ3v) is 2.64. The molecule has 0 saturated heterocycles. The fourth-order valence-corrected chi connectivity index (χ4v) is 1.64. The standard InChI is InChI=1S/C15H15NO3/c1-18-15(17)10-11-4-2-3-5-14(11)19-13-8-6-12(16)7-9-13/h2-9H,10,16H2,1H3. The van der Waals surface area contributed by atoms with E-state index in [1.54, 1.807) is 24.3 Å². The fourth-order valence-electron chi connectivity index (χ4n) is 1.64. The highest BCUT2D eigenvalue weighted by Gasteiger charge is 2.09. The zero-order valence-corrected chi connectivity index (χ0v) is 10.6. The molecule has 2 N–H and O–H groups in total. The predicted octanol–water partition coefficient (Wildman–Crippen LogP) is 2.78. The van der Waals surface area contributed by atoms with Gasteiger partial charge in [0.05, 0.1) is 13.5 Å². The van der Waals surface area contributed by atoms with Gasteiger partial charge in [-0.1, -0.05) is 18.2 Å². The van der Waals surface area contributed by atoms with E-state index in [0.717, 1.165) is 5.56 Å². The van der Waals surface area contributed by atoms with Gasteiger partial charge in [0.15, 0.2) is 0 Å². The summed E-state index contributed by atoms with van der Waals surface area (Å²) in [5.41, 5.74) is 7.08. The van der Waals surface area contributed by atoms with Crippen LogP contribution in [-0.4, -0.2) is 13.1 Å². The van der Waals surface area contributed by atoms with Gasteiger partial charge >= 0.3 is 5.97 Å². The Morgan fingerprint density at radius 1 is 1.11 bits per heavy atom. The topological polar surface area (TPSA) is 61.5 Å². The number of hydrogen-bond acceptors (Lipinski definition) is 4. The summed E-state index contributed by atoms with van der Waals surface area (Å²) in [6, 6.07) is 14.4. The van der Waals surface area contributed by atoms with Gasteiger partial charge in [0.1, 0.15) is 11.5 Å². The SMILES string of the molecule is COC(=O)Cc1ccccc1Oc1ccc(N)cc1. The molecule has 0 amide bonds. The van der Waals surface area contributed by atoms with Crippen LogP contribution in [0.25, 0.3) is 0 Å². The van der Waals surface area contributed by atoms with Crippen LogP contribution in [-0.2, 0) is 16.0 Å². The summed E-state index contributed by atoms with van der Waals surface area (Å²) in [6.07, 6.45) is 0.182. The predicted molar refractivity (Wildman–Crippen MR) is 73.1 cm³/mol. The number of anilines is 1. The van der Waals surface area contributed by atoms with E-state index in [1.807, 2.05) is 24.3 Å². The zero-order valence-electron chi connectivity index (χ0n) is 10.6. The summed E-state index contributed by atoms with van der Waals surface area (Å²) in [5, 5.41) is 0. The molecule has 0 saturated carbocycles. The van der Waals surface area contributed by atoms with E-state index in [0.29, 0.717) is 17.2 Å². The van der Waals surface area contributed by atoms with E-state index in [4.69, 9.17) is 10.5 Å². The number of nitrogens with two attached hydrogens (primary N) is 1. The van der Waals surface area contributed by atoms with Crippen molar-refractivity contribution in [2.45, 2.75) is 6.42 Å². The van der Waals surface area contributed by atoms with Crippen molar-refractivity contribution in [1.29, 1.82) is 0 Å². The van der Waals surface area contributed by atoms with Crippen LogP contribution in [0.3, 0.4) is 0 Å². The van der Waals surface area contributed by atoms with Crippen LogP contribution in [0.5, 0.6) is 11.5 Å². The lowest BCUT2D eigenvalue weighted by molar-refractivity contribution is -0.139. The van der Waals surface area contributed by atoms with Gasteiger partial charge in [-0.2, -0.15) is 0 Å². The first kappa shape index (κ1) is 13.0. The molecule has 98 valence electrons. The normalized spacial score (nSPS) is 9.95.